The Balaban J connectivity index is 1.43. The molecule has 0 aromatic heterocycles. The quantitative estimate of drug-likeness (QED) is 0.335. The van der Waals surface area contributed by atoms with E-state index in [4.69, 9.17) is 4.74 Å². The molecule has 3 N–H and O–H groups in total. The zero-order valence-electron chi connectivity index (χ0n) is 22.8. The van der Waals surface area contributed by atoms with Crippen molar-refractivity contribution >= 4 is 5.97 Å². The lowest BCUT2D eigenvalue weighted by Gasteiger charge is -2.65. The molecule has 4 rings (SSSR count). The number of aliphatic hydroxyl groups excluding tert-OH is 2. The van der Waals surface area contributed by atoms with Gasteiger partial charge in [0.2, 0.25) is 0 Å². The van der Waals surface area contributed by atoms with Crippen LogP contribution >= 0.6 is 0 Å². The number of aliphatic hydroxyl groups is 3. The maximum atomic E-state index is 11.7. The van der Waals surface area contributed by atoms with Crippen LogP contribution in [0.3, 0.4) is 0 Å². The second kappa shape index (κ2) is 9.76. The fraction of sp³-hybridized carbons (Fsp3) is 0.900. The van der Waals surface area contributed by atoms with Crippen molar-refractivity contribution in [3.63, 3.8) is 0 Å². The number of carbonyl (C=O) groups excluding carboxylic acids is 1. The first kappa shape index (κ1) is 27.1. The fourth-order valence-corrected chi connectivity index (χ4v) is 9.46. The Morgan fingerprint density at radius 3 is 2.49 bits per heavy atom. The highest BCUT2D eigenvalue weighted by atomic mass is 16.5. The standard InChI is InChI=1S/C30H50O5/c1-18(20(3)17-35-21(4)31)7-8-19(2)24-9-10-25-23-15-27(33)30(34)16-22(32)11-14-29(30,6)26(23)12-13-28(24,25)5/h19-20,22-27,32-34H,1,7-17H2,2-6H3/t19-,20-,22+,23+,24-,25+,26+,27-,28-,29-,30+/m1/s1. The van der Waals surface area contributed by atoms with E-state index in [0.717, 1.165) is 32.1 Å². The zero-order valence-corrected chi connectivity index (χ0v) is 22.8. The lowest BCUT2D eigenvalue weighted by molar-refractivity contribution is -0.264. The molecule has 0 saturated heterocycles. The smallest absolute Gasteiger partial charge is 0.302 e. The molecule has 4 aliphatic rings. The summed E-state index contributed by atoms with van der Waals surface area (Å²) < 4.78 is 5.18. The van der Waals surface area contributed by atoms with E-state index in [1.165, 1.54) is 31.8 Å². The van der Waals surface area contributed by atoms with Crippen molar-refractivity contribution in [3.8, 4) is 0 Å². The summed E-state index contributed by atoms with van der Waals surface area (Å²) >= 11 is 0. The first-order valence-electron chi connectivity index (χ1n) is 14.2. The van der Waals surface area contributed by atoms with E-state index in [9.17, 15) is 20.1 Å². The molecule has 0 heterocycles. The van der Waals surface area contributed by atoms with Crippen LogP contribution in [0, 0.1) is 46.3 Å². The average molecular weight is 491 g/mol. The summed E-state index contributed by atoms with van der Waals surface area (Å²) in [6, 6.07) is 0. The zero-order chi connectivity index (χ0) is 25.8. The summed E-state index contributed by atoms with van der Waals surface area (Å²) in [5, 5.41) is 33.2. The molecule has 4 fully saturated rings. The third-order valence-electron chi connectivity index (χ3n) is 11.7. The Labute approximate surface area is 212 Å². The topological polar surface area (TPSA) is 87.0 Å². The molecule has 200 valence electrons. The second-order valence-corrected chi connectivity index (χ2v) is 13.5. The lowest BCUT2D eigenvalue weighted by atomic mass is 9.42. The Kier molecular flexibility index (Phi) is 7.57. The molecule has 5 nitrogen and oxygen atoms in total. The fourth-order valence-electron chi connectivity index (χ4n) is 9.46. The van der Waals surface area contributed by atoms with Crippen LogP contribution in [0.2, 0.25) is 0 Å². The molecule has 11 atom stereocenters. The lowest BCUT2D eigenvalue weighted by Crippen LogP contribution is -2.68. The van der Waals surface area contributed by atoms with Crippen molar-refractivity contribution in [1.82, 2.24) is 0 Å². The molecule has 5 heteroatoms. The molecule has 4 saturated carbocycles. The summed E-state index contributed by atoms with van der Waals surface area (Å²) in [6.45, 7) is 15.4. The number of ether oxygens (including phenoxy) is 1. The van der Waals surface area contributed by atoms with Gasteiger partial charge in [0.1, 0.15) is 0 Å². The SMILES string of the molecule is C=C(CC[C@@H](C)[C@H]1CC[C@H]2[C@@H]3C[C@@H](O)[C@@]4(O)C[C@@H](O)CC[C@]4(C)[C@H]3CC[C@]12C)[C@H](C)COC(C)=O. The summed E-state index contributed by atoms with van der Waals surface area (Å²) in [4.78, 5) is 11.1. The minimum absolute atomic E-state index is 0.186. The molecule has 0 aromatic rings. The largest absolute Gasteiger partial charge is 0.465 e. The van der Waals surface area contributed by atoms with Crippen LogP contribution in [0.5, 0.6) is 0 Å². The Morgan fingerprint density at radius 1 is 1.09 bits per heavy atom. The van der Waals surface area contributed by atoms with Gasteiger partial charge in [-0.2, -0.15) is 0 Å². The van der Waals surface area contributed by atoms with Gasteiger partial charge in [0.25, 0.3) is 0 Å². The van der Waals surface area contributed by atoms with Crippen LogP contribution in [-0.4, -0.2) is 45.7 Å². The predicted molar refractivity (Wildman–Crippen MR) is 137 cm³/mol. The maximum absolute atomic E-state index is 11.7. The highest BCUT2D eigenvalue weighted by Crippen LogP contribution is 2.69. The summed E-state index contributed by atoms with van der Waals surface area (Å²) in [7, 11) is 0. The van der Waals surface area contributed by atoms with Gasteiger partial charge in [-0.15, -0.1) is 0 Å². The number of rotatable bonds is 7. The Hall–Kier alpha value is -0.910. The monoisotopic (exact) mass is 490 g/mol. The van der Waals surface area contributed by atoms with Crippen molar-refractivity contribution in [1.29, 1.82) is 0 Å². The van der Waals surface area contributed by atoms with Crippen LogP contribution in [0.15, 0.2) is 12.2 Å². The molecule has 0 aliphatic heterocycles. The van der Waals surface area contributed by atoms with E-state index in [-0.39, 0.29) is 22.7 Å². The summed E-state index contributed by atoms with van der Waals surface area (Å²) in [5.41, 5.74) is -0.0161. The van der Waals surface area contributed by atoms with Crippen molar-refractivity contribution in [2.75, 3.05) is 6.61 Å². The third kappa shape index (κ3) is 4.52. The highest BCUT2D eigenvalue weighted by molar-refractivity contribution is 5.65. The Bertz CT molecular complexity index is 811. The maximum Gasteiger partial charge on any atom is 0.302 e. The third-order valence-corrected chi connectivity index (χ3v) is 11.7. The van der Waals surface area contributed by atoms with Crippen LogP contribution in [0.4, 0.5) is 0 Å². The first-order chi connectivity index (χ1) is 16.3. The molecular formula is C30H50O5. The number of esters is 1. The van der Waals surface area contributed by atoms with E-state index in [2.05, 4.69) is 34.3 Å². The summed E-state index contributed by atoms with van der Waals surface area (Å²) in [5.74, 6) is 2.71. The number of fused-ring (bicyclic) bond motifs is 5. The molecule has 0 unspecified atom stereocenters. The van der Waals surface area contributed by atoms with Gasteiger partial charge in [0, 0.05) is 24.7 Å². The van der Waals surface area contributed by atoms with Crippen molar-refractivity contribution < 1.29 is 24.9 Å². The van der Waals surface area contributed by atoms with E-state index in [1.54, 1.807) is 0 Å². The van der Waals surface area contributed by atoms with E-state index in [1.807, 2.05) is 0 Å². The first-order valence-corrected chi connectivity index (χ1v) is 14.2. The summed E-state index contributed by atoms with van der Waals surface area (Å²) in [6.07, 6.45) is 8.15. The van der Waals surface area contributed by atoms with Gasteiger partial charge < -0.3 is 20.1 Å². The number of hydrogen-bond acceptors (Lipinski definition) is 5. The molecule has 0 amide bonds. The van der Waals surface area contributed by atoms with E-state index < -0.39 is 17.8 Å². The van der Waals surface area contributed by atoms with Crippen LogP contribution in [0.25, 0.3) is 0 Å². The van der Waals surface area contributed by atoms with Crippen LogP contribution in [0.1, 0.15) is 98.8 Å². The van der Waals surface area contributed by atoms with Gasteiger partial charge >= 0.3 is 5.97 Å². The average Bonchev–Trinajstić information content (AvgIpc) is 3.15. The van der Waals surface area contributed by atoms with Crippen LogP contribution < -0.4 is 0 Å². The Morgan fingerprint density at radius 2 is 1.80 bits per heavy atom. The minimum Gasteiger partial charge on any atom is -0.465 e. The van der Waals surface area contributed by atoms with Gasteiger partial charge in [-0.25, -0.2) is 0 Å². The van der Waals surface area contributed by atoms with Crippen molar-refractivity contribution in [2.45, 2.75) is 117 Å². The van der Waals surface area contributed by atoms with Crippen molar-refractivity contribution in [3.05, 3.63) is 12.2 Å². The van der Waals surface area contributed by atoms with Gasteiger partial charge in [-0.05, 0) is 92.8 Å². The number of carbonyl (C=O) groups is 1. The van der Waals surface area contributed by atoms with Crippen LogP contribution in [-0.2, 0) is 9.53 Å². The molecule has 0 spiro atoms. The normalized spacial score (nSPS) is 46.6. The van der Waals surface area contributed by atoms with Gasteiger partial charge in [0.05, 0.1) is 24.4 Å². The molecule has 0 radical (unpaired) electrons. The van der Waals surface area contributed by atoms with Gasteiger partial charge in [-0.3, -0.25) is 4.79 Å². The van der Waals surface area contributed by atoms with Crippen molar-refractivity contribution in [2.24, 2.45) is 46.3 Å². The van der Waals surface area contributed by atoms with E-state index in [0.29, 0.717) is 49.0 Å². The van der Waals surface area contributed by atoms with Gasteiger partial charge in [-0.1, -0.05) is 39.8 Å². The highest BCUT2D eigenvalue weighted by Gasteiger charge is 2.67. The molecule has 35 heavy (non-hydrogen) atoms. The van der Waals surface area contributed by atoms with E-state index >= 15 is 0 Å². The molecular weight excluding hydrogens is 440 g/mol. The van der Waals surface area contributed by atoms with Gasteiger partial charge in [0.15, 0.2) is 0 Å². The number of hydrogen-bond donors (Lipinski definition) is 3. The molecule has 0 aromatic carbocycles. The molecule has 0 bridgehead atoms. The minimum atomic E-state index is -1.16. The predicted octanol–water partition coefficient (Wildman–Crippen LogP) is 5.26. The molecule has 4 aliphatic carbocycles. The second-order valence-electron chi connectivity index (χ2n) is 13.5.